The number of hydrogen-bond acceptors (Lipinski definition) is 7. The van der Waals surface area contributed by atoms with Gasteiger partial charge in [0, 0.05) is 52.0 Å². The van der Waals surface area contributed by atoms with Gasteiger partial charge >= 0.3 is 0 Å². The molecule has 46 heavy (non-hydrogen) atoms. The topological polar surface area (TPSA) is 174 Å². The molecule has 13 heteroatoms. The molecule has 0 aromatic heterocycles. The summed E-state index contributed by atoms with van der Waals surface area (Å²) in [6.07, 6.45) is 7.31. The maximum atomic E-state index is 13.3. The fourth-order valence-electron chi connectivity index (χ4n) is 4.68. The molecule has 1 heterocycles. The van der Waals surface area contributed by atoms with Crippen LogP contribution in [0.5, 0.6) is 5.75 Å². The normalized spacial score (nSPS) is 14.7. The van der Waals surface area contributed by atoms with Crippen molar-refractivity contribution in [3.05, 3.63) is 29.8 Å². The lowest BCUT2D eigenvalue weighted by Gasteiger charge is -2.29. The number of unbranched alkanes of at least 4 members (excludes halogenated alkanes) is 4. The number of phenolic OH excluding ortho intramolecular Hbond substituents is 1. The number of hydrogen-bond donors (Lipinski definition) is 5. The minimum atomic E-state index is -0.850. The molecule has 0 bridgehead atoms. The van der Waals surface area contributed by atoms with Crippen molar-refractivity contribution in [1.29, 1.82) is 0 Å². The third-order valence-electron chi connectivity index (χ3n) is 7.91. The van der Waals surface area contributed by atoms with Crippen molar-refractivity contribution < 1.29 is 29.1 Å². The van der Waals surface area contributed by atoms with E-state index in [2.05, 4.69) is 34.8 Å². The summed E-state index contributed by atoms with van der Waals surface area (Å²) in [4.78, 5) is 63.8. The van der Waals surface area contributed by atoms with Gasteiger partial charge in [-0.05, 0) is 49.9 Å². The number of likely N-dealkylation sites (N-methyl/N-ethyl adjacent to an activating group) is 1. The molecule has 0 radical (unpaired) electrons. The number of piperazine rings is 1. The maximum Gasteiger partial charge on any atom is 0.243 e. The van der Waals surface area contributed by atoms with Crippen LogP contribution in [0, 0.1) is 5.92 Å². The van der Waals surface area contributed by atoms with Gasteiger partial charge in [0.25, 0.3) is 0 Å². The average Bonchev–Trinajstić information content (AvgIpc) is 3.02. The fourth-order valence-corrected chi connectivity index (χ4v) is 4.68. The van der Waals surface area contributed by atoms with E-state index in [0.717, 1.165) is 63.8 Å². The zero-order valence-electron chi connectivity index (χ0n) is 28.1. The van der Waals surface area contributed by atoms with Gasteiger partial charge in [-0.2, -0.15) is 0 Å². The van der Waals surface area contributed by atoms with Gasteiger partial charge in [0.05, 0.1) is 0 Å². The van der Waals surface area contributed by atoms with Crippen molar-refractivity contribution in [2.75, 3.05) is 39.8 Å². The molecular weight excluding hydrogens is 612 g/mol. The number of nitrogens with two attached hydrogens (primary N) is 1. The molecule has 1 aromatic rings. The van der Waals surface area contributed by atoms with E-state index in [4.69, 9.17) is 5.73 Å². The van der Waals surface area contributed by atoms with Gasteiger partial charge in [0.2, 0.25) is 30.0 Å². The molecule has 1 aliphatic rings. The van der Waals surface area contributed by atoms with Crippen molar-refractivity contribution >= 4 is 42.4 Å². The van der Waals surface area contributed by atoms with Crippen LogP contribution in [0.25, 0.3) is 0 Å². The van der Waals surface area contributed by atoms with Gasteiger partial charge in [-0.3, -0.25) is 24.0 Å². The van der Waals surface area contributed by atoms with Crippen LogP contribution in [0.2, 0.25) is 0 Å². The number of halogens is 1. The van der Waals surface area contributed by atoms with E-state index in [-0.39, 0.29) is 48.2 Å². The highest BCUT2D eigenvalue weighted by atomic mass is 35.5. The summed E-state index contributed by atoms with van der Waals surface area (Å²) in [5.74, 6) is -1.23. The maximum absolute atomic E-state index is 13.3. The Morgan fingerprint density at radius 1 is 0.913 bits per heavy atom. The highest BCUT2D eigenvalue weighted by Crippen LogP contribution is 2.13. The number of amides is 5. The standard InChI is InChI=1S/C27H44N4O5.C6H12N2O.ClH/c1-4-6-8-12-24(34)30-22(18-20-13-15-21(32)16-14-20)26(35)31-25(19(3)5-2)27(36)29-17-10-7-9-11-23(28)33;1-7-2-4-8(6-9)5-3-7;/h13-16,19,22,25,32H,4-12,17-18H2,1-3H3,(H2,28,33)(H,29,36)(H,30,34)(H,31,35);6H,2-5H2,1H3;1H/t19-,22-,25-;;/m0../s1. The first-order valence-corrected chi connectivity index (χ1v) is 16.3. The minimum absolute atomic E-state index is 0. The molecule has 12 nitrogen and oxygen atoms in total. The number of carbonyl (C=O) groups excluding carboxylic acids is 5. The summed E-state index contributed by atoms with van der Waals surface area (Å²) in [5.41, 5.74) is 5.92. The van der Waals surface area contributed by atoms with Crippen LogP contribution in [-0.2, 0) is 30.4 Å². The summed E-state index contributed by atoms with van der Waals surface area (Å²) >= 11 is 0. The van der Waals surface area contributed by atoms with Crippen molar-refractivity contribution in [1.82, 2.24) is 25.8 Å². The highest BCUT2D eigenvalue weighted by Gasteiger charge is 2.29. The lowest BCUT2D eigenvalue weighted by atomic mass is 9.97. The highest BCUT2D eigenvalue weighted by molar-refractivity contribution is 5.92. The second kappa shape index (κ2) is 24.8. The molecule has 0 unspecified atom stereocenters. The lowest BCUT2D eigenvalue weighted by Crippen LogP contribution is -2.56. The number of carbonyl (C=O) groups is 5. The molecule has 262 valence electrons. The average molecular weight is 669 g/mol. The van der Waals surface area contributed by atoms with E-state index >= 15 is 0 Å². The molecular formula is C33H57ClN6O6. The van der Waals surface area contributed by atoms with Crippen molar-refractivity contribution in [2.24, 2.45) is 11.7 Å². The Hall–Kier alpha value is -3.38. The van der Waals surface area contributed by atoms with Crippen LogP contribution in [-0.4, -0.2) is 96.8 Å². The second-order valence-corrected chi connectivity index (χ2v) is 11.8. The van der Waals surface area contributed by atoms with Crippen LogP contribution in [0.4, 0.5) is 0 Å². The molecule has 0 spiro atoms. The van der Waals surface area contributed by atoms with Gasteiger partial charge in [-0.1, -0.05) is 58.6 Å². The molecule has 5 amide bonds. The largest absolute Gasteiger partial charge is 0.508 e. The Labute approximate surface area is 281 Å². The number of aromatic hydroxyl groups is 1. The Morgan fingerprint density at radius 2 is 1.54 bits per heavy atom. The van der Waals surface area contributed by atoms with Gasteiger partial charge in [0.1, 0.15) is 17.8 Å². The smallest absolute Gasteiger partial charge is 0.243 e. The molecule has 6 N–H and O–H groups in total. The first-order valence-electron chi connectivity index (χ1n) is 16.3. The fraction of sp³-hybridized carbons (Fsp3) is 0.667. The van der Waals surface area contributed by atoms with Crippen LogP contribution >= 0.6 is 12.4 Å². The number of nitrogens with one attached hydrogen (secondary N) is 3. The quantitative estimate of drug-likeness (QED) is 0.111. The predicted octanol–water partition coefficient (Wildman–Crippen LogP) is 2.50. The monoisotopic (exact) mass is 668 g/mol. The summed E-state index contributed by atoms with van der Waals surface area (Å²) < 4.78 is 0. The van der Waals surface area contributed by atoms with E-state index in [0.29, 0.717) is 38.6 Å². The number of nitrogens with zero attached hydrogens (tertiary/aromatic N) is 2. The first-order chi connectivity index (χ1) is 21.5. The van der Waals surface area contributed by atoms with E-state index in [1.165, 1.54) is 12.1 Å². The van der Waals surface area contributed by atoms with Gasteiger partial charge < -0.3 is 36.6 Å². The molecule has 3 atom stereocenters. The molecule has 0 saturated carbocycles. The summed E-state index contributed by atoms with van der Waals surface area (Å²) in [5, 5.41) is 18.1. The van der Waals surface area contributed by atoms with Crippen molar-refractivity contribution in [3.8, 4) is 5.75 Å². The molecule has 2 rings (SSSR count). The molecule has 0 aliphatic carbocycles. The van der Waals surface area contributed by atoms with Gasteiger partial charge in [-0.15, -0.1) is 12.4 Å². The Balaban J connectivity index is 0.00000173. The van der Waals surface area contributed by atoms with Crippen LogP contribution in [0.3, 0.4) is 0 Å². The third-order valence-corrected chi connectivity index (χ3v) is 7.91. The Bertz CT molecular complexity index is 1040. The summed E-state index contributed by atoms with van der Waals surface area (Å²) in [7, 11) is 2.07. The molecule has 1 saturated heterocycles. The number of rotatable bonds is 19. The van der Waals surface area contributed by atoms with E-state index < -0.39 is 18.0 Å². The predicted molar refractivity (Wildman–Crippen MR) is 182 cm³/mol. The molecule has 1 aromatic carbocycles. The van der Waals surface area contributed by atoms with E-state index in [1.54, 1.807) is 17.0 Å². The number of primary amides is 1. The molecule has 1 aliphatic heterocycles. The zero-order chi connectivity index (χ0) is 33.6. The van der Waals surface area contributed by atoms with Crippen LogP contribution in [0.15, 0.2) is 24.3 Å². The van der Waals surface area contributed by atoms with E-state index in [1.807, 2.05) is 13.8 Å². The van der Waals surface area contributed by atoms with Crippen molar-refractivity contribution in [2.45, 2.75) is 97.1 Å². The van der Waals surface area contributed by atoms with Crippen LogP contribution < -0.4 is 21.7 Å². The minimum Gasteiger partial charge on any atom is -0.508 e. The summed E-state index contributed by atoms with van der Waals surface area (Å²) in [6.45, 7) is 10.1. The Morgan fingerprint density at radius 3 is 2.11 bits per heavy atom. The van der Waals surface area contributed by atoms with E-state index in [9.17, 15) is 29.1 Å². The van der Waals surface area contributed by atoms with Gasteiger partial charge in [-0.25, -0.2) is 0 Å². The van der Waals surface area contributed by atoms with Gasteiger partial charge in [0.15, 0.2) is 0 Å². The third kappa shape index (κ3) is 18.6. The first kappa shape index (κ1) is 42.6. The second-order valence-electron chi connectivity index (χ2n) is 11.8. The number of phenols is 1. The summed E-state index contributed by atoms with van der Waals surface area (Å²) in [6, 6.07) is 4.88. The van der Waals surface area contributed by atoms with Crippen LogP contribution in [0.1, 0.15) is 84.1 Å². The number of benzene rings is 1. The lowest BCUT2D eigenvalue weighted by molar-refractivity contribution is -0.133. The molecule has 1 fully saturated rings. The Kier molecular flexibility index (Phi) is 23.0. The van der Waals surface area contributed by atoms with Crippen molar-refractivity contribution in [3.63, 3.8) is 0 Å². The zero-order valence-corrected chi connectivity index (χ0v) is 28.9. The SMILES string of the molecule is CCCCCC(=O)N[C@@H](Cc1ccc(O)cc1)C(=O)N[C@H](C(=O)NCCCCCC(N)=O)[C@@H](C)CC.CN1CCN(C=O)CC1.Cl.